The van der Waals surface area contributed by atoms with E-state index >= 15 is 0 Å². The van der Waals surface area contributed by atoms with E-state index < -0.39 is 54.3 Å². The highest BCUT2D eigenvalue weighted by atomic mass is 16.7. The van der Waals surface area contributed by atoms with E-state index in [1.165, 1.54) is 18.2 Å². The number of aliphatic hydroxyl groups excluding tert-OH is 4. The molecule has 0 aromatic carbocycles. The molecule has 6 atom stereocenters. The molecule has 0 amide bonds. The Kier molecular flexibility index (Phi) is 7.39. The first-order valence-electron chi connectivity index (χ1n) is 9.65. The fourth-order valence-electron chi connectivity index (χ4n) is 3.66. The average Bonchev–Trinajstić information content (AvgIpc) is 2.64. The predicted molar refractivity (Wildman–Crippen MR) is 105 cm³/mol. The van der Waals surface area contributed by atoms with Crippen molar-refractivity contribution in [3.63, 3.8) is 0 Å². The van der Waals surface area contributed by atoms with Gasteiger partial charge in [-0.25, -0.2) is 4.79 Å². The van der Waals surface area contributed by atoms with Crippen molar-refractivity contribution in [1.82, 2.24) is 0 Å². The van der Waals surface area contributed by atoms with Crippen LogP contribution in [-0.4, -0.2) is 80.2 Å². The summed E-state index contributed by atoms with van der Waals surface area (Å²) in [5, 5.41) is 49.7. The van der Waals surface area contributed by atoms with Gasteiger partial charge in [-0.1, -0.05) is 19.9 Å². The molecule has 0 aromatic rings. The lowest BCUT2D eigenvalue weighted by molar-refractivity contribution is -0.291. The summed E-state index contributed by atoms with van der Waals surface area (Å²) >= 11 is 0. The Morgan fingerprint density at radius 2 is 1.90 bits per heavy atom. The maximum absolute atomic E-state index is 12.2. The molecule has 1 fully saturated rings. The van der Waals surface area contributed by atoms with Crippen molar-refractivity contribution in [2.45, 2.75) is 70.4 Å². The molecule has 1 heterocycles. The van der Waals surface area contributed by atoms with Gasteiger partial charge in [-0.15, -0.1) is 0 Å². The highest BCUT2D eigenvalue weighted by Crippen LogP contribution is 2.44. The van der Waals surface area contributed by atoms with Gasteiger partial charge in [0.25, 0.3) is 0 Å². The number of carbonyl (C=O) groups is 2. The third-order valence-corrected chi connectivity index (χ3v) is 5.64. The third kappa shape index (κ3) is 4.88. The van der Waals surface area contributed by atoms with E-state index in [0.717, 1.165) is 6.08 Å². The summed E-state index contributed by atoms with van der Waals surface area (Å²) in [4.78, 5) is 24.0. The zero-order chi connectivity index (χ0) is 22.9. The Bertz CT molecular complexity index is 764. The molecule has 9 nitrogen and oxygen atoms in total. The summed E-state index contributed by atoms with van der Waals surface area (Å²) in [5.41, 5.74) is -1.21. The van der Waals surface area contributed by atoms with E-state index in [2.05, 4.69) is 0 Å². The van der Waals surface area contributed by atoms with E-state index in [1.807, 2.05) is 0 Å². The molecule has 2 rings (SSSR count). The number of allylic oxidation sites excluding steroid dienone is 3. The van der Waals surface area contributed by atoms with Crippen molar-refractivity contribution in [2.75, 3.05) is 6.61 Å². The molecule has 2 aliphatic rings. The molecular weight excluding hydrogens is 396 g/mol. The van der Waals surface area contributed by atoms with Gasteiger partial charge < -0.3 is 35.0 Å². The van der Waals surface area contributed by atoms with Gasteiger partial charge in [0, 0.05) is 17.9 Å². The third-order valence-electron chi connectivity index (χ3n) is 5.64. The van der Waals surface area contributed by atoms with Gasteiger partial charge in [0.05, 0.1) is 6.61 Å². The molecule has 0 bridgehead atoms. The number of esters is 1. The Hall–Kier alpha value is -1.88. The lowest BCUT2D eigenvalue weighted by Crippen LogP contribution is -2.59. The normalized spacial score (nSPS) is 37.2. The lowest BCUT2D eigenvalue weighted by Gasteiger charge is -2.44. The molecule has 1 aliphatic heterocycles. The maximum atomic E-state index is 12.2. The fourth-order valence-corrected chi connectivity index (χ4v) is 3.66. The molecule has 168 valence electrons. The zero-order valence-corrected chi connectivity index (χ0v) is 17.5. The SMILES string of the molecule is CC1=CC(=O)CC(C)(C)[C@]1(O)/C=C\C(C)=C\C(=O)O[C@@H]1O[C@H](CO)[C@@H](O)[C@H](O)[C@H]1O. The molecule has 0 unspecified atom stereocenters. The fraction of sp³-hybridized carbons (Fsp3) is 0.619. The maximum Gasteiger partial charge on any atom is 0.333 e. The Morgan fingerprint density at radius 1 is 1.27 bits per heavy atom. The van der Waals surface area contributed by atoms with Crippen molar-refractivity contribution in [3.05, 3.63) is 35.5 Å². The van der Waals surface area contributed by atoms with E-state index in [1.54, 1.807) is 27.7 Å². The standard InChI is InChI=1S/C21H30O9/c1-11(5-6-21(28)12(2)8-13(23)9-20(21,3)4)7-15(24)30-19-18(27)17(26)16(25)14(10-22)29-19/h5-8,14,16-19,22,25-28H,9-10H2,1-4H3/b6-5-,11-7+/t14-,16-,17+,18-,19+,21+/m1/s1. The van der Waals surface area contributed by atoms with E-state index in [9.17, 15) is 35.1 Å². The summed E-state index contributed by atoms with van der Waals surface area (Å²) in [6.07, 6.45) is -1.95. The van der Waals surface area contributed by atoms with Crippen LogP contribution in [0.1, 0.15) is 34.1 Å². The van der Waals surface area contributed by atoms with Gasteiger partial charge in [-0.3, -0.25) is 4.79 Å². The van der Waals surface area contributed by atoms with Crippen LogP contribution in [0.15, 0.2) is 35.5 Å². The van der Waals surface area contributed by atoms with Crippen LogP contribution in [-0.2, 0) is 19.1 Å². The van der Waals surface area contributed by atoms with Crippen LogP contribution in [0.25, 0.3) is 0 Å². The quantitative estimate of drug-likeness (QED) is 0.222. The number of ketones is 1. The number of rotatable bonds is 5. The first kappa shape index (κ1) is 24.4. The first-order chi connectivity index (χ1) is 13.8. The summed E-state index contributed by atoms with van der Waals surface area (Å²) in [5.74, 6) is -0.954. The van der Waals surface area contributed by atoms with Gasteiger partial charge in [-0.2, -0.15) is 0 Å². The van der Waals surface area contributed by atoms with E-state index in [-0.39, 0.29) is 12.2 Å². The molecule has 5 N–H and O–H groups in total. The van der Waals surface area contributed by atoms with Crippen LogP contribution in [0.3, 0.4) is 0 Å². The van der Waals surface area contributed by atoms with Gasteiger partial charge in [0.15, 0.2) is 5.78 Å². The number of hydrogen-bond donors (Lipinski definition) is 5. The van der Waals surface area contributed by atoms with Crippen LogP contribution in [0.4, 0.5) is 0 Å². The second-order valence-corrected chi connectivity index (χ2v) is 8.48. The molecule has 1 aliphatic carbocycles. The second-order valence-electron chi connectivity index (χ2n) is 8.48. The lowest BCUT2D eigenvalue weighted by atomic mass is 9.64. The minimum absolute atomic E-state index is 0.0639. The van der Waals surface area contributed by atoms with Crippen LogP contribution >= 0.6 is 0 Å². The van der Waals surface area contributed by atoms with Gasteiger partial charge in [0.2, 0.25) is 6.29 Å². The number of ether oxygens (including phenoxy) is 2. The summed E-state index contributed by atoms with van der Waals surface area (Å²) < 4.78 is 10.1. The average molecular weight is 426 g/mol. The Morgan fingerprint density at radius 3 is 2.47 bits per heavy atom. The predicted octanol–water partition coefficient (Wildman–Crippen LogP) is -0.492. The molecule has 9 heteroatoms. The topological polar surface area (TPSA) is 154 Å². The summed E-state index contributed by atoms with van der Waals surface area (Å²) in [6, 6.07) is 0. The molecule has 30 heavy (non-hydrogen) atoms. The number of carbonyl (C=O) groups excluding carboxylic acids is 2. The highest BCUT2D eigenvalue weighted by Gasteiger charge is 2.47. The Labute approximate surface area is 174 Å². The highest BCUT2D eigenvalue weighted by molar-refractivity contribution is 5.92. The van der Waals surface area contributed by atoms with Crippen LogP contribution in [0, 0.1) is 5.41 Å². The number of aliphatic hydroxyl groups is 5. The van der Waals surface area contributed by atoms with Crippen LogP contribution < -0.4 is 0 Å². The van der Waals surface area contributed by atoms with Gasteiger partial charge in [-0.05, 0) is 37.1 Å². The summed E-state index contributed by atoms with van der Waals surface area (Å²) in [7, 11) is 0. The first-order valence-corrected chi connectivity index (χ1v) is 9.65. The molecule has 0 spiro atoms. The smallest absolute Gasteiger partial charge is 0.333 e. The second kappa shape index (κ2) is 9.09. The van der Waals surface area contributed by atoms with Gasteiger partial charge >= 0.3 is 5.97 Å². The summed E-state index contributed by atoms with van der Waals surface area (Å²) in [6.45, 7) is 6.17. The van der Waals surface area contributed by atoms with Crippen molar-refractivity contribution in [2.24, 2.45) is 5.41 Å². The monoisotopic (exact) mass is 426 g/mol. The van der Waals surface area contributed by atoms with Crippen molar-refractivity contribution in [1.29, 1.82) is 0 Å². The largest absolute Gasteiger partial charge is 0.430 e. The minimum atomic E-state index is -1.69. The molecule has 1 saturated heterocycles. The van der Waals surface area contributed by atoms with Gasteiger partial charge in [0.1, 0.15) is 30.0 Å². The molecule has 0 aromatic heterocycles. The van der Waals surface area contributed by atoms with Crippen molar-refractivity contribution < 1.29 is 44.6 Å². The van der Waals surface area contributed by atoms with Crippen LogP contribution in [0.2, 0.25) is 0 Å². The van der Waals surface area contributed by atoms with Crippen LogP contribution in [0.5, 0.6) is 0 Å². The van der Waals surface area contributed by atoms with Crippen molar-refractivity contribution >= 4 is 11.8 Å². The molecular formula is C21H30O9. The van der Waals surface area contributed by atoms with E-state index in [0.29, 0.717) is 11.1 Å². The van der Waals surface area contributed by atoms with Crippen molar-refractivity contribution in [3.8, 4) is 0 Å². The molecule has 0 saturated carbocycles. The molecule has 0 radical (unpaired) electrons. The number of hydrogen-bond acceptors (Lipinski definition) is 9. The Balaban J connectivity index is 2.11. The minimum Gasteiger partial charge on any atom is -0.430 e. The zero-order valence-electron chi connectivity index (χ0n) is 17.5. The van der Waals surface area contributed by atoms with E-state index in [4.69, 9.17) is 9.47 Å².